The standard InChI is InChI=1S/C7H14N2O4/c8-3-1-2-7(9,6(12)13)4-5(10)11/h1-4,8-9H2,(H,10,11)(H,12,13). The second kappa shape index (κ2) is 4.78. The van der Waals surface area contributed by atoms with E-state index in [1.165, 1.54) is 0 Å². The molecule has 0 radical (unpaired) electrons. The monoisotopic (exact) mass is 190 g/mol. The second-order valence-electron chi connectivity index (χ2n) is 2.92. The molecule has 6 heteroatoms. The van der Waals surface area contributed by atoms with Crippen LogP contribution in [-0.2, 0) is 9.59 Å². The third-order valence-electron chi connectivity index (χ3n) is 1.72. The molecule has 6 N–H and O–H groups in total. The lowest BCUT2D eigenvalue weighted by Crippen LogP contribution is -2.49. The van der Waals surface area contributed by atoms with Crippen LogP contribution in [0.25, 0.3) is 0 Å². The van der Waals surface area contributed by atoms with Gasteiger partial charge in [0.15, 0.2) is 0 Å². The van der Waals surface area contributed by atoms with Crippen molar-refractivity contribution in [1.29, 1.82) is 0 Å². The molecule has 0 saturated carbocycles. The predicted octanol–water partition coefficient (Wildman–Crippen LogP) is -1.02. The van der Waals surface area contributed by atoms with Crippen LogP contribution in [0.2, 0.25) is 0 Å². The quantitative estimate of drug-likeness (QED) is 0.424. The molecule has 0 aromatic carbocycles. The van der Waals surface area contributed by atoms with Crippen LogP contribution < -0.4 is 11.5 Å². The maximum atomic E-state index is 10.6. The smallest absolute Gasteiger partial charge is 0.324 e. The van der Waals surface area contributed by atoms with E-state index < -0.39 is 23.9 Å². The number of carbonyl (C=O) groups is 2. The van der Waals surface area contributed by atoms with Gasteiger partial charge in [0.05, 0.1) is 6.42 Å². The van der Waals surface area contributed by atoms with Gasteiger partial charge >= 0.3 is 11.9 Å². The Morgan fingerprint density at radius 1 is 1.31 bits per heavy atom. The number of hydrogen-bond donors (Lipinski definition) is 4. The van der Waals surface area contributed by atoms with E-state index in [0.29, 0.717) is 13.0 Å². The molecule has 0 aliphatic rings. The molecule has 0 aliphatic carbocycles. The van der Waals surface area contributed by atoms with Crippen molar-refractivity contribution in [3.8, 4) is 0 Å². The van der Waals surface area contributed by atoms with Crippen LogP contribution in [0, 0.1) is 0 Å². The number of rotatable bonds is 6. The minimum Gasteiger partial charge on any atom is -0.481 e. The summed E-state index contributed by atoms with van der Waals surface area (Å²) in [7, 11) is 0. The Kier molecular flexibility index (Phi) is 4.36. The van der Waals surface area contributed by atoms with Gasteiger partial charge in [0.25, 0.3) is 0 Å². The van der Waals surface area contributed by atoms with Gasteiger partial charge in [0.1, 0.15) is 5.54 Å². The van der Waals surface area contributed by atoms with Crippen molar-refractivity contribution in [2.45, 2.75) is 24.8 Å². The van der Waals surface area contributed by atoms with Gasteiger partial charge in [-0.2, -0.15) is 0 Å². The highest BCUT2D eigenvalue weighted by Crippen LogP contribution is 2.14. The fourth-order valence-electron chi connectivity index (χ4n) is 0.958. The van der Waals surface area contributed by atoms with Crippen molar-refractivity contribution in [3.05, 3.63) is 0 Å². The zero-order chi connectivity index (χ0) is 10.5. The molecule has 0 rings (SSSR count). The summed E-state index contributed by atoms with van der Waals surface area (Å²) in [4.78, 5) is 20.9. The molecule has 1 atom stereocenters. The van der Waals surface area contributed by atoms with E-state index in [0.717, 1.165) is 0 Å². The Hall–Kier alpha value is -1.14. The largest absolute Gasteiger partial charge is 0.481 e. The maximum Gasteiger partial charge on any atom is 0.324 e. The Balaban J connectivity index is 4.34. The van der Waals surface area contributed by atoms with E-state index in [4.69, 9.17) is 21.7 Å². The van der Waals surface area contributed by atoms with Crippen LogP contribution >= 0.6 is 0 Å². The molecule has 0 aliphatic heterocycles. The fourth-order valence-corrected chi connectivity index (χ4v) is 0.958. The first-order chi connectivity index (χ1) is 5.92. The van der Waals surface area contributed by atoms with Gasteiger partial charge in [-0.1, -0.05) is 0 Å². The molecule has 76 valence electrons. The summed E-state index contributed by atoms with van der Waals surface area (Å²) in [5.74, 6) is -2.52. The van der Waals surface area contributed by atoms with E-state index in [-0.39, 0.29) is 6.42 Å². The summed E-state index contributed by atoms with van der Waals surface area (Å²) in [6, 6.07) is 0. The van der Waals surface area contributed by atoms with Gasteiger partial charge < -0.3 is 21.7 Å². The van der Waals surface area contributed by atoms with E-state index in [9.17, 15) is 9.59 Å². The van der Waals surface area contributed by atoms with Crippen LogP contribution in [0.4, 0.5) is 0 Å². The van der Waals surface area contributed by atoms with Crippen molar-refractivity contribution < 1.29 is 19.8 Å². The number of carboxylic acid groups (broad SMARTS) is 2. The van der Waals surface area contributed by atoms with Crippen LogP contribution in [0.15, 0.2) is 0 Å². The van der Waals surface area contributed by atoms with Gasteiger partial charge in [-0.15, -0.1) is 0 Å². The lowest BCUT2D eigenvalue weighted by molar-refractivity contribution is -0.150. The van der Waals surface area contributed by atoms with Crippen LogP contribution in [0.3, 0.4) is 0 Å². The summed E-state index contributed by atoms with van der Waals surface area (Å²) < 4.78 is 0. The van der Waals surface area contributed by atoms with Crippen molar-refractivity contribution in [2.75, 3.05) is 6.54 Å². The van der Waals surface area contributed by atoms with Gasteiger partial charge in [-0.25, -0.2) is 0 Å². The number of nitrogens with two attached hydrogens (primary N) is 2. The van der Waals surface area contributed by atoms with Gasteiger partial charge in [0.2, 0.25) is 0 Å². The van der Waals surface area contributed by atoms with Crippen molar-refractivity contribution in [3.63, 3.8) is 0 Å². The van der Waals surface area contributed by atoms with Crippen LogP contribution in [-0.4, -0.2) is 34.2 Å². The zero-order valence-corrected chi connectivity index (χ0v) is 7.19. The molecule has 0 aromatic rings. The first-order valence-electron chi connectivity index (χ1n) is 3.86. The van der Waals surface area contributed by atoms with Crippen molar-refractivity contribution >= 4 is 11.9 Å². The lowest BCUT2D eigenvalue weighted by atomic mass is 9.91. The highest BCUT2D eigenvalue weighted by molar-refractivity contribution is 5.84. The van der Waals surface area contributed by atoms with Crippen molar-refractivity contribution in [1.82, 2.24) is 0 Å². The molecule has 0 saturated heterocycles. The maximum absolute atomic E-state index is 10.6. The first kappa shape index (κ1) is 11.9. The molecule has 0 heterocycles. The van der Waals surface area contributed by atoms with E-state index in [2.05, 4.69) is 0 Å². The third kappa shape index (κ3) is 3.86. The van der Waals surface area contributed by atoms with Crippen molar-refractivity contribution in [2.24, 2.45) is 11.5 Å². The summed E-state index contributed by atoms with van der Waals surface area (Å²) >= 11 is 0. The predicted molar refractivity (Wildman–Crippen MR) is 45.1 cm³/mol. The highest BCUT2D eigenvalue weighted by Gasteiger charge is 2.35. The molecule has 1 unspecified atom stereocenters. The molecule has 0 bridgehead atoms. The fraction of sp³-hybridized carbons (Fsp3) is 0.714. The lowest BCUT2D eigenvalue weighted by Gasteiger charge is -2.21. The molecule has 0 amide bonds. The number of hydrogen-bond acceptors (Lipinski definition) is 4. The normalized spacial score (nSPS) is 14.9. The van der Waals surface area contributed by atoms with E-state index in [1.54, 1.807) is 0 Å². The summed E-state index contributed by atoms with van der Waals surface area (Å²) in [5.41, 5.74) is 8.87. The van der Waals surface area contributed by atoms with Gasteiger partial charge in [0, 0.05) is 0 Å². The van der Waals surface area contributed by atoms with Crippen LogP contribution in [0.5, 0.6) is 0 Å². The Bertz CT molecular complexity index is 207. The number of carboxylic acids is 2. The minimum absolute atomic E-state index is 0.0745. The molecule has 6 nitrogen and oxygen atoms in total. The molecular weight excluding hydrogens is 176 g/mol. The molecule has 0 aromatic heterocycles. The summed E-state index contributed by atoms with van der Waals surface area (Å²) in [6.45, 7) is 0.297. The molecule has 13 heavy (non-hydrogen) atoms. The molecule has 0 spiro atoms. The third-order valence-corrected chi connectivity index (χ3v) is 1.72. The van der Waals surface area contributed by atoms with Gasteiger partial charge in [-0.3, -0.25) is 9.59 Å². The summed E-state index contributed by atoms with van der Waals surface area (Å²) in [5, 5.41) is 17.1. The Labute approximate surface area is 75.5 Å². The number of aliphatic carboxylic acids is 2. The first-order valence-corrected chi connectivity index (χ1v) is 3.86. The van der Waals surface area contributed by atoms with E-state index >= 15 is 0 Å². The SMILES string of the molecule is NCCCC(N)(CC(=O)O)C(=O)O. The average molecular weight is 190 g/mol. The second-order valence-corrected chi connectivity index (χ2v) is 2.92. The summed E-state index contributed by atoms with van der Waals surface area (Å²) in [6.07, 6.45) is -0.108. The zero-order valence-electron chi connectivity index (χ0n) is 7.19. The van der Waals surface area contributed by atoms with E-state index in [1.807, 2.05) is 0 Å². The topological polar surface area (TPSA) is 127 Å². The Morgan fingerprint density at radius 3 is 2.15 bits per heavy atom. The molecule has 0 fully saturated rings. The Morgan fingerprint density at radius 2 is 1.85 bits per heavy atom. The van der Waals surface area contributed by atoms with Crippen LogP contribution in [0.1, 0.15) is 19.3 Å². The van der Waals surface area contributed by atoms with Gasteiger partial charge in [-0.05, 0) is 19.4 Å². The average Bonchev–Trinajstić information content (AvgIpc) is 1.99. The molecular formula is C7H14N2O4. The highest BCUT2D eigenvalue weighted by atomic mass is 16.4. The minimum atomic E-state index is -1.69.